The Morgan fingerprint density at radius 1 is 1.11 bits per heavy atom. The van der Waals surface area contributed by atoms with Crippen LogP contribution in [0, 0.1) is 0 Å². The lowest BCUT2D eigenvalue weighted by Gasteiger charge is -2.14. The van der Waals surface area contributed by atoms with Crippen LogP contribution in [0.25, 0.3) is 0 Å². The number of likely N-dealkylation sites (N-methyl/N-ethyl adjacent to an activating group) is 1. The number of esters is 2. The number of amides is 1. The molecule has 0 spiro atoms. The Kier molecular flexibility index (Phi) is 3.25. The number of carbonyl (C=O) groups is 3. The molecule has 1 aromatic carbocycles. The fourth-order valence-corrected chi connectivity index (χ4v) is 1.93. The Labute approximate surface area is 109 Å². The quantitative estimate of drug-likeness (QED) is 0.589. The molecule has 0 saturated heterocycles. The summed E-state index contributed by atoms with van der Waals surface area (Å²) in [5.41, 5.74) is 1.39. The largest absolute Gasteiger partial charge is 0.423 e. The minimum atomic E-state index is -0.527. The van der Waals surface area contributed by atoms with Gasteiger partial charge in [-0.1, -0.05) is 0 Å². The van der Waals surface area contributed by atoms with E-state index >= 15 is 0 Å². The molecule has 1 aliphatic heterocycles. The highest BCUT2D eigenvalue weighted by Crippen LogP contribution is 2.38. The summed E-state index contributed by atoms with van der Waals surface area (Å²) in [5.74, 6) is -0.845. The average molecular weight is 263 g/mol. The number of anilines is 1. The first-order chi connectivity index (χ1) is 8.88. The van der Waals surface area contributed by atoms with Gasteiger partial charge in [-0.15, -0.1) is 0 Å². The van der Waals surface area contributed by atoms with E-state index in [-0.39, 0.29) is 23.8 Å². The maximum absolute atomic E-state index is 11.6. The minimum absolute atomic E-state index is 0.0660. The monoisotopic (exact) mass is 263 g/mol. The second kappa shape index (κ2) is 4.72. The summed E-state index contributed by atoms with van der Waals surface area (Å²) in [7, 11) is 1.64. The van der Waals surface area contributed by atoms with Gasteiger partial charge in [-0.3, -0.25) is 14.4 Å². The summed E-state index contributed by atoms with van der Waals surface area (Å²) < 4.78 is 10.00. The van der Waals surface area contributed by atoms with Crippen LogP contribution in [0.15, 0.2) is 12.1 Å². The molecule has 0 bridgehead atoms. The molecule has 1 amide bonds. The van der Waals surface area contributed by atoms with Gasteiger partial charge in [0.1, 0.15) is 0 Å². The van der Waals surface area contributed by atoms with Crippen molar-refractivity contribution in [1.29, 1.82) is 0 Å². The predicted octanol–water partition coefficient (Wildman–Crippen LogP) is 1.06. The van der Waals surface area contributed by atoms with Crippen LogP contribution in [-0.4, -0.2) is 24.9 Å². The van der Waals surface area contributed by atoms with E-state index < -0.39 is 11.9 Å². The lowest BCUT2D eigenvalue weighted by Crippen LogP contribution is -2.20. The van der Waals surface area contributed by atoms with E-state index in [4.69, 9.17) is 9.47 Å². The molecule has 6 nitrogen and oxygen atoms in total. The molecule has 6 heteroatoms. The highest BCUT2D eigenvalue weighted by atomic mass is 16.6. The molecule has 1 aliphatic rings. The van der Waals surface area contributed by atoms with Crippen molar-refractivity contribution in [3.8, 4) is 11.5 Å². The SMILES string of the molecule is CC(=O)Oc1cc2c(cc1OC(C)=O)N(C)C(=O)C2. The highest BCUT2D eigenvalue weighted by molar-refractivity contribution is 6.01. The van der Waals surface area contributed by atoms with Gasteiger partial charge in [0, 0.05) is 27.0 Å². The Hall–Kier alpha value is -2.37. The third-order valence-corrected chi connectivity index (χ3v) is 2.73. The van der Waals surface area contributed by atoms with Gasteiger partial charge in [0.2, 0.25) is 5.91 Å². The molecular weight excluding hydrogens is 250 g/mol. The average Bonchev–Trinajstić information content (AvgIpc) is 2.54. The van der Waals surface area contributed by atoms with Crippen molar-refractivity contribution in [2.24, 2.45) is 0 Å². The van der Waals surface area contributed by atoms with E-state index in [1.54, 1.807) is 13.1 Å². The molecule has 0 radical (unpaired) electrons. The van der Waals surface area contributed by atoms with Gasteiger partial charge >= 0.3 is 11.9 Å². The summed E-state index contributed by atoms with van der Waals surface area (Å²) in [6, 6.07) is 3.08. The maximum Gasteiger partial charge on any atom is 0.308 e. The second-order valence-corrected chi connectivity index (χ2v) is 4.24. The van der Waals surface area contributed by atoms with E-state index in [1.165, 1.54) is 24.8 Å². The van der Waals surface area contributed by atoms with Crippen LogP contribution in [0.2, 0.25) is 0 Å². The van der Waals surface area contributed by atoms with E-state index in [9.17, 15) is 14.4 Å². The number of benzene rings is 1. The molecular formula is C13H13NO5. The van der Waals surface area contributed by atoms with Crippen molar-refractivity contribution in [2.45, 2.75) is 20.3 Å². The van der Waals surface area contributed by atoms with Crippen LogP contribution in [0.5, 0.6) is 11.5 Å². The maximum atomic E-state index is 11.6. The van der Waals surface area contributed by atoms with Gasteiger partial charge in [0.05, 0.1) is 12.1 Å². The van der Waals surface area contributed by atoms with Crippen molar-refractivity contribution < 1.29 is 23.9 Å². The molecule has 0 saturated carbocycles. The number of ether oxygens (including phenoxy) is 2. The van der Waals surface area contributed by atoms with Gasteiger partial charge in [0.25, 0.3) is 0 Å². The van der Waals surface area contributed by atoms with Crippen molar-refractivity contribution in [1.82, 2.24) is 0 Å². The van der Waals surface area contributed by atoms with Crippen LogP contribution in [0.3, 0.4) is 0 Å². The van der Waals surface area contributed by atoms with E-state index in [0.29, 0.717) is 5.69 Å². The molecule has 1 heterocycles. The Balaban J connectivity index is 2.48. The zero-order valence-electron chi connectivity index (χ0n) is 10.9. The summed E-state index contributed by atoms with van der Waals surface area (Å²) in [6.07, 6.45) is 0.237. The first-order valence-corrected chi connectivity index (χ1v) is 5.69. The minimum Gasteiger partial charge on any atom is -0.423 e. The van der Waals surface area contributed by atoms with Crippen LogP contribution in [0.1, 0.15) is 19.4 Å². The van der Waals surface area contributed by atoms with Crippen molar-refractivity contribution >= 4 is 23.5 Å². The third kappa shape index (κ3) is 2.57. The molecule has 0 atom stereocenters. The van der Waals surface area contributed by atoms with Crippen molar-refractivity contribution in [3.05, 3.63) is 17.7 Å². The fourth-order valence-electron chi connectivity index (χ4n) is 1.93. The number of hydrogen-bond acceptors (Lipinski definition) is 5. The molecule has 0 N–H and O–H groups in total. The van der Waals surface area contributed by atoms with Crippen molar-refractivity contribution in [3.63, 3.8) is 0 Å². The lowest BCUT2D eigenvalue weighted by atomic mass is 10.1. The highest BCUT2D eigenvalue weighted by Gasteiger charge is 2.27. The first-order valence-electron chi connectivity index (χ1n) is 5.69. The van der Waals surface area contributed by atoms with Crippen LogP contribution in [-0.2, 0) is 20.8 Å². The Morgan fingerprint density at radius 3 is 2.16 bits per heavy atom. The van der Waals surface area contributed by atoms with Gasteiger partial charge in [-0.2, -0.15) is 0 Å². The summed E-state index contributed by atoms with van der Waals surface area (Å²) >= 11 is 0. The molecule has 1 aromatic rings. The number of rotatable bonds is 2. The Morgan fingerprint density at radius 2 is 1.63 bits per heavy atom. The summed E-state index contributed by atoms with van der Waals surface area (Å²) in [4.78, 5) is 35.2. The summed E-state index contributed by atoms with van der Waals surface area (Å²) in [6.45, 7) is 2.50. The number of nitrogens with zero attached hydrogens (tertiary/aromatic N) is 1. The zero-order valence-corrected chi connectivity index (χ0v) is 10.9. The number of fused-ring (bicyclic) bond motifs is 1. The van der Waals surface area contributed by atoms with Crippen molar-refractivity contribution in [2.75, 3.05) is 11.9 Å². The smallest absolute Gasteiger partial charge is 0.308 e. The van der Waals surface area contributed by atoms with Crippen LogP contribution < -0.4 is 14.4 Å². The fraction of sp³-hybridized carbons (Fsp3) is 0.308. The molecule has 100 valence electrons. The summed E-state index contributed by atoms with van der Waals surface area (Å²) in [5, 5.41) is 0. The van der Waals surface area contributed by atoms with E-state index in [2.05, 4.69) is 0 Å². The van der Waals surface area contributed by atoms with Gasteiger partial charge in [0.15, 0.2) is 11.5 Å². The van der Waals surface area contributed by atoms with Gasteiger partial charge in [-0.25, -0.2) is 0 Å². The molecule has 0 aliphatic carbocycles. The van der Waals surface area contributed by atoms with E-state index in [0.717, 1.165) is 5.56 Å². The van der Waals surface area contributed by atoms with E-state index in [1.807, 2.05) is 0 Å². The zero-order chi connectivity index (χ0) is 14.2. The molecule has 19 heavy (non-hydrogen) atoms. The van der Waals surface area contributed by atoms with Gasteiger partial charge in [-0.05, 0) is 11.6 Å². The normalized spacial score (nSPS) is 13.2. The van der Waals surface area contributed by atoms with Crippen LogP contribution >= 0.6 is 0 Å². The predicted molar refractivity (Wildman–Crippen MR) is 66.2 cm³/mol. The number of hydrogen-bond donors (Lipinski definition) is 0. The topological polar surface area (TPSA) is 72.9 Å². The lowest BCUT2D eigenvalue weighted by molar-refractivity contribution is -0.134. The molecule has 2 rings (SSSR count). The third-order valence-electron chi connectivity index (χ3n) is 2.73. The standard InChI is InChI=1S/C13H13NO5/c1-7(15)18-11-4-9-5-13(17)14(3)10(9)6-12(11)19-8(2)16/h4,6H,5H2,1-3H3. The number of carbonyl (C=O) groups excluding carboxylic acids is 3. The Bertz CT molecular complexity index is 579. The van der Waals surface area contributed by atoms with Gasteiger partial charge < -0.3 is 14.4 Å². The molecule has 0 aromatic heterocycles. The van der Waals surface area contributed by atoms with Crippen LogP contribution in [0.4, 0.5) is 5.69 Å². The molecule has 0 unspecified atom stereocenters. The first kappa shape index (κ1) is 13.1. The second-order valence-electron chi connectivity index (χ2n) is 4.24. The molecule has 0 fully saturated rings.